The van der Waals surface area contributed by atoms with Crippen LogP contribution in [0, 0.1) is 0 Å². The zero-order valence-corrected chi connectivity index (χ0v) is 12.2. The lowest BCUT2D eigenvalue weighted by Crippen LogP contribution is -2.46. The molecule has 0 aliphatic carbocycles. The maximum atomic E-state index is 12.7. The summed E-state index contributed by atoms with van der Waals surface area (Å²) in [6.45, 7) is 3.52. The van der Waals surface area contributed by atoms with Crippen LogP contribution in [-0.4, -0.2) is 37.7 Å². The van der Waals surface area contributed by atoms with Crippen molar-refractivity contribution in [3.63, 3.8) is 0 Å². The Labute approximate surface area is 126 Å². The highest BCUT2D eigenvalue weighted by Gasteiger charge is 2.46. The van der Waals surface area contributed by atoms with E-state index in [1.165, 1.54) is 20.3 Å². The minimum Gasteiger partial charge on any atom is -0.497 e. The van der Waals surface area contributed by atoms with Crippen molar-refractivity contribution in [1.82, 2.24) is 4.90 Å². The molecule has 2 rings (SSSR count). The number of fused-ring (bicyclic) bond motifs is 1. The first-order valence-electron chi connectivity index (χ1n) is 6.58. The van der Waals surface area contributed by atoms with Crippen molar-refractivity contribution in [3.8, 4) is 11.5 Å². The van der Waals surface area contributed by atoms with E-state index in [9.17, 15) is 18.0 Å². The maximum Gasteiger partial charge on any atom is 0.471 e. The van der Waals surface area contributed by atoms with Gasteiger partial charge < -0.3 is 14.4 Å². The number of hydrogen-bond donors (Lipinski definition) is 0. The van der Waals surface area contributed by atoms with E-state index in [0.717, 1.165) is 10.5 Å². The van der Waals surface area contributed by atoms with Gasteiger partial charge in [0.1, 0.15) is 11.5 Å². The minimum absolute atomic E-state index is 0.0433. The van der Waals surface area contributed by atoms with Crippen LogP contribution in [0.2, 0.25) is 0 Å². The molecule has 120 valence electrons. The van der Waals surface area contributed by atoms with Gasteiger partial charge in [-0.1, -0.05) is 6.08 Å². The first kappa shape index (κ1) is 16.2. The highest BCUT2D eigenvalue weighted by molar-refractivity contribution is 5.83. The van der Waals surface area contributed by atoms with E-state index in [1.54, 1.807) is 12.1 Å². The average molecular weight is 315 g/mol. The van der Waals surface area contributed by atoms with Gasteiger partial charge >= 0.3 is 12.1 Å². The molecule has 1 heterocycles. The third kappa shape index (κ3) is 2.75. The molecule has 0 radical (unpaired) electrons. The number of benzene rings is 1. The molecule has 0 aromatic heterocycles. The van der Waals surface area contributed by atoms with Crippen molar-refractivity contribution in [2.45, 2.75) is 18.6 Å². The van der Waals surface area contributed by atoms with Crippen LogP contribution in [0.25, 0.3) is 0 Å². The molecule has 0 unspecified atom stereocenters. The molecule has 1 aliphatic rings. The molecule has 1 amide bonds. The van der Waals surface area contributed by atoms with Crippen LogP contribution in [0.15, 0.2) is 24.8 Å². The highest BCUT2D eigenvalue weighted by atomic mass is 19.4. The fraction of sp³-hybridized carbons (Fsp3) is 0.400. The van der Waals surface area contributed by atoms with E-state index in [-0.39, 0.29) is 13.0 Å². The Morgan fingerprint density at radius 3 is 2.55 bits per heavy atom. The quantitative estimate of drug-likeness (QED) is 0.805. The molecular formula is C15H16F3NO3. The normalized spacial score (nSPS) is 17.7. The highest BCUT2D eigenvalue weighted by Crippen LogP contribution is 2.41. The molecule has 4 nitrogen and oxygen atoms in total. The second-order valence-corrected chi connectivity index (χ2v) is 4.83. The lowest BCUT2D eigenvalue weighted by Gasteiger charge is -2.36. The van der Waals surface area contributed by atoms with Gasteiger partial charge in [0.2, 0.25) is 0 Å². The standard InChI is InChI=1S/C15H16F3NO3/c1-4-11-13-9(7-10(21-2)8-12(13)22-3)5-6-19(11)14(20)15(16,17)18/h4,7-8,11H,1,5-6H2,2-3H3/t11-/m0/s1. The van der Waals surface area contributed by atoms with Crippen LogP contribution in [-0.2, 0) is 11.2 Å². The van der Waals surface area contributed by atoms with Crippen molar-refractivity contribution in [1.29, 1.82) is 0 Å². The fourth-order valence-electron chi connectivity index (χ4n) is 2.66. The summed E-state index contributed by atoms with van der Waals surface area (Å²) in [7, 11) is 2.91. The molecule has 22 heavy (non-hydrogen) atoms. The summed E-state index contributed by atoms with van der Waals surface area (Å²) in [4.78, 5) is 12.4. The fourth-order valence-corrected chi connectivity index (χ4v) is 2.66. The molecular weight excluding hydrogens is 299 g/mol. The molecule has 0 saturated heterocycles. The zero-order chi connectivity index (χ0) is 16.5. The number of nitrogens with zero attached hydrogens (tertiary/aromatic N) is 1. The number of methoxy groups -OCH3 is 2. The van der Waals surface area contributed by atoms with Gasteiger partial charge in [-0.05, 0) is 18.1 Å². The zero-order valence-electron chi connectivity index (χ0n) is 12.2. The van der Waals surface area contributed by atoms with Crippen LogP contribution in [0.5, 0.6) is 11.5 Å². The Morgan fingerprint density at radius 2 is 2.05 bits per heavy atom. The van der Waals surface area contributed by atoms with E-state index in [4.69, 9.17) is 9.47 Å². The van der Waals surface area contributed by atoms with Crippen LogP contribution in [0.3, 0.4) is 0 Å². The SMILES string of the molecule is C=C[C@H]1c2c(cc(OC)cc2OC)CCN1C(=O)C(F)(F)F. The van der Waals surface area contributed by atoms with E-state index in [0.29, 0.717) is 17.1 Å². The largest absolute Gasteiger partial charge is 0.497 e. The molecule has 0 bridgehead atoms. The predicted molar refractivity (Wildman–Crippen MR) is 74.0 cm³/mol. The average Bonchev–Trinajstić information content (AvgIpc) is 2.50. The summed E-state index contributed by atoms with van der Waals surface area (Å²) >= 11 is 0. The van der Waals surface area contributed by atoms with Gasteiger partial charge in [-0.2, -0.15) is 13.2 Å². The van der Waals surface area contributed by atoms with Gasteiger partial charge in [0.05, 0.1) is 20.3 Å². The Morgan fingerprint density at radius 1 is 1.36 bits per heavy atom. The third-order valence-electron chi connectivity index (χ3n) is 3.64. The topological polar surface area (TPSA) is 38.8 Å². The number of rotatable bonds is 3. The summed E-state index contributed by atoms with van der Waals surface area (Å²) in [5.41, 5.74) is 1.30. The lowest BCUT2D eigenvalue weighted by molar-refractivity contribution is -0.187. The maximum absolute atomic E-state index is 12.7. The van der Waals surface area contributed by atoms with Gasteiger partial charge in [0, 0.05) is 18.2 Å². The molecule has 0 spiro atoms. The van der Waals surface area contributed by atoms with Gasteiger partial charge in [0.15, 0.2) is 0 Å². The number of alkyl halides is 3. The van der Waals surface area contributed by atoms with Gasteiger partial charge in [-0.25, -0.2) is 0 Å². The van der Waals surface area contributed by atoms with E-state index >= 15 is 0 Å². The Bertz CT molecular complexity index is 581. The second kappa shape index (κ2) is 5.90. The van der Waals surface area contributed by atoms with Crippen LogP contribution in [0.1, 0.15) is 17.2 Å². The van der Waals surface area contributed by atoms with Crippen molar-refractivity contribution in [2.24, 2.45) is 0 Å². The van der Waals surface area contributed by atoms with E-state index < -0.39 is 18.1 Å². The smallest absolute Gasteiger partial charge is 0.471 e. The molecule has 7 heteroatoms. The van der Waals surface area contributed by atoms with E-state index in [1.807, 2.05) is 0 Å². The van der Waals surface area contributed by atoms with Crippen molar-refractivity contribution in [3.05, 3.63) is 35.9 Å². The summed E-state index contributed by atoms with van der Waals surface area (Å²) < 4.78 is 48.6. The van der Waals surface area contributed by atoms with Gasteiger partial charge in [-0.15, -0.1) is 6.58 Å². The number of amides is 1. The van der Waals surface area contributed by atoms with Crippen molar-refractivity contribution in [2.75, 3.05) is 20.8 Å². The number of ether oxygens (including phenoxy) is 2. The number of carbonyl (C=O) groups is 1. The van der Waals surface area contributed by atoms with E-state index in [2.05, 4.69) is 6.58 Å². The van der Waals surface area contributed by atoms with Gasteiger partial charge in [-0.3, -0.25) is 4.79 Å². The molecule has 1 aliphatic heterocycles. The number of halogens is 3. The van der Waals surface area contributed by atoms with Crippen LogP contribution < -0.4 is 9.47 Å². The molecule has 0 fully saturated rings. The molecule has 1 atom stereocenters. The first-order valence-corrected chi connectivity index (χ1v) is 6.58. The summed E-state index contributed by atoms with van der Waals surface area (Å²) in [5.74, 6) is -0.950. The molecule has 0 saturated carbocycles. The first-order chi connectivity index (χ1) is 10.3. The monoisotopic (exact) mass is 315 g/mol. The molecule has 0 N–H and O–H groups in total. The van der Waals surface area contributed by atoms with Gasteiger partial charge in [0.25, 0.3) is 0 Å². The molecule has 1 aromatic rings. The summed E-state index contributed by atoms with van der Waals surface area (Å²) in [6.07, 6.45) is -3.32. The third-order valence-corrected chi connectivity index (χ3v) is 3.64. The van der Waals surface area contributed by atoms with Crippen LogP contribution >= 0.6 is 0 Å². The lowest BCUT2D eigenvalue weighted by atomic mass is 9.91. The predicted octanol–water partition coefficient (Wildman–Crippen LogP) is 2.88. The van der Waals surface area contributed by atoms with Crippen molar-refractivity contribution < 1.29 is 27.4 Å². The van der Waals surface area contributed by atoms with Crippen LogP contribution in [0.4, 0.5) is 13.2 Å². The minimum atomic E-state index is -4.92. The Balaban J connectivity index is 2.52. The Kier molecular flexibility index (Phi) is 4.35. The Hall–Kier alpha value is -2.18. The van der Waals surface area contributed by atoms with Crippen molar-refractivity contribution >= 4 is 5.91 Å². The number of carbonyl (C=O) groups excluding carboxylic acids is 1. The number of hydrogen-bond acceptors (Lipinski definition) is 3. The molecule has 1 aromatic carbocycles. The summed E-state index contributed by atoms with van der Waals surface area (Å²) in [6, 6.07) is 2.43. The summed E-state index contributed by atoms with van der Waals surface area (Å²) in [5, 5.41) is 0. The second-order valence-electron chi connectivity index (χ2n) is 4.83.